The highest BCUT2D eigenvalue weighted by Crippen LogP contribution is 2.33. The molecule has 1 aromatic heterocycles. The molecule has 1 N–H and O–H groups in total. The van der Waals surface area contributed by atoms with Crippen molar-refractivity contribution in [1.82, 2.24) is 10.2 Å². The average molecular weight is 347 g/mol. The van der Waals surface area contributed by atoms with Crippen LogP contribution < -0.4 is 5.32 Å². The van der Waals surface area contributed by atoms with Gasteiger partial charge in [0.2, 0.25) is 0 Å². The summed E-state index contributed by atoms with van der Waals surface area (Å²) in [6.07, 6.45) is 2.40. The molecule has 0 spiro atoms. The van der Waals surface area contributed by atoms with Crippen molar-refractivity contribution in [3.8, 4) is 10.4 Å². The van der Waals surface area contributed by atoms with Gasteiger partial charge >= 0.3 is 0 Å². The van der Waals surface area contributed by atoms with Crippen LogP contribution in [-0.4, -0.2) is 36.5 Å². The number of carbonyl (C=O) groups excluding carboxylic acids is 1. The number of rotatable bonds is 3. The molecule has 3 atom stereocenters. The van der Waals surface area contributed by atoms with Crippen molar-refractivity contribution >= 4 is 28.8 Å². The van der Waals surface area contributed by atoms with Crippen molar-refractivity contribution in [3.05, 3.63) is 46.3 Å². The van der Waals surface area contributed by atoms with E-state index in [-0.39, 0.29) is 11.9 Å². The Morgan fingerprint density at radius 1 is 1.22 bits per heavy atom. The number of hydrogen-bond acceptors (Lipinski definition) is 3. The van der Waals surface area contributed by atoms with Gasteiger partial charge in [-0.25, -0.2) is 0 Å². The SMILES string of the molecule is O=C(N[C@@H]1C[C@H]2CCN(C2)C1)c1ccc(-c2ccccc2Cl)s1. The Hall–Kier alpha value is -1.36. The minimum Gasteiger partial charge on any atom is -0.347 e. The molecule has 3 nitrogen and oxygen atoms in total. The van der Waals surface area contributed by atoms with Gasteiger partial charge in [0, 0.05) is 34.6 Å². The van der Waals surface area contributed by atoms with E-state index in [9.17, 15) is 4.79 Å². The first-order chi connectivity index (χ1) is 11.2. The molecule has 1 aromatic carbocycles. The summed E-state index contributed by atoms with van der Waals surface area (Å²) < 4.78 is 0. The number of hydrogen-bond donors (Lipinski definition) is 1. The van der Waals surface area contributed by atoms with Crippen LogP contribution in [-0.2, 0) is 0 Å². The van der Waals surface area contributed by atoms with E-state index < -0.39 is 0 Å². The largest absolute Gasteiger partial charge is 0.347 e. The second kappa shape index (κ2) is 6.27. The molecule has 1 unspecified atom stereocenters. The zero-order valence-electron chi connectivity index (χ0n) is 12.8. The average Bonchev–Trinajstić information content (AvgIpc) is 3.15. The number of nitrogens with one attached hydrogen (secondary N) is 1. The monoisotopic (exact) mass is 346 g/mol. The Kier molecular flexibility index (Phi) is 4.14. The normalized spacial score (nSPS) is 26.2. The first kappa shape index (κ1) is 15.2. The highest BCUT2D eigenvalue weighted by Gasteiger charge is 2.33. The summed E-state index contributed by atoms with van der Waals surface area (Å²) in [6, 6.07) is 11.9. The molecule has 2 bridgehead atoms. The number of nitrogens with zero attached hydrogens (tertiary/aromatic N) is 1. The van der Waals surface area contributed by atoms with Crippen molar-refractivity contribution in [1.29, 1.82) is 0 Å². The molecule has 2 saturated heterocycles. The molecular weight excluding hydrogens is 328 g/mol. The standard InChI is InChI=1S/C18H19ClN2OS/c19-15-4-2-1-3-14(15)16-5-6-17(23-16)18(22)20-13-9-12-7-8-21(10-12)11-13/h1-6,12-13H,7-11H2,(H,20,22)/t12-,13-/m1/s1. The summed E-state index contributed by atoms with van der Waals surface area (Å²) in [4.78, 5) is 16.8. The van der Waals surface area contributed by atoms with Crippen molar-refractivity contribution in [2.75, 3.05) is 19.6 Å². The molecule has 2 aromatic rings. The number of carbonyl (C=O) groups is 1. The molecular formula is C18H19ClN2OS. The van der Waals surface area contributed by atoms with Gasteiger partial charge in [-0.1, -0.05) is 29.8 Å². The van der Waals surface area contributed by atoms with Crippen LogP contribution in [0.15, 0.2) is 36.4 Å². The third-order valence-corrected chi connectivity index (χ3v) is 6.22. The van der Waals surface area contributed by atoms with E-state index in [4.69, 9.17) is 11.6 Å². The zero-order chi connectivity index (χ0) is 15.8. The summed E-state index contributed by atoms with van der Waals surface area (Å²) in [5.41, 5.74) is 0.986. The van der Waals surface area contributed by atoms with Crippen LogP contribution in [0.25, 0.3) is 10.4 Å². The molecule has 4 rings (SSSR count). The summed E-state index contributed by atoms with van der Waals surface area (Å²) in [7, 11) is 0. The molecule has 2 aliphatic rings. The molecule has 23 heavy (non-hydrogen) atoms. The Morgan fingerprint density at radius 2 is 2.09 bits per heavy atom. The van der Waals surface area contributed by atoms with Crippen LogP contribution in [0.2, 0.25) is 5.02 Å². The number of amides is 1. The lowest BCUT2D eigenvalue weighted by molar-refractivity contribution is 0.0913. The molecule has 120 valence electrons. The van der Waals surface area contributed by atoms with Crippen LogP contribution in [0.4, 0.5) is 0 Å². The number of fused-ring (bicyclic) bond motifs is 2. The predicted molar refractivity (Wildman–Crippen MR) is 95.2 cm³/mol. The van der Waals surface area contributed by atoms with Crippen LogP contribution in [0.5, 0.6) is 0 Å². The zero-order valence-corrected chi connectivity index (χ0v) is 14.4. The summed E-state index contributed by atoms with van der Waals surface area (Å²) in [5.74, 6) is 0.803. The lowest BCUT2D eigenvalue weighted by Gasteiger charge is -2.30. The Labute approximate surface area is 145 Å². The minimum atomic E-state index is 0.0424. The fourth-order valence-corrected chi connectivity index (χ4v) is 4.93. The number of halogens is 1. The second-order valence-electron chi connectivity index (χ2n) is 6.46. The molecule has 0 saturated carbocycles. The Bertz CT molecular complexity index is 717. The molecule has 3 heterocycles. The van der Waals surface area contributed by atoms with Crippen molar-refractivity contribution in [3.63, 3.8) is 0 Å². The van der Waals surface area contributed by atoms with E-state index in [2.05, 4.69) is 10.2 Å². The number of piperidine rings is 1. The maximum atomic E-state index is 12.5. The first-order valence-electron chi connectivity index (χ1n) is 8.07. The summed E-state index contributed by atoms with van der Waals surface area (Å²) >= 11 is 7.75. The Balaban J connectivity index is 1.46. The molecule has 1 amide bonds. The smallest absolute Gasteiger partial charge is 0.261 e. The fourth-order valence-electron chi connectivity index (χ4n) is 3.69. The van der Waals surface area contributed by atoms with Crippen LogP contribution in [0, 0.1) is 5.92 Å². The van der Waals surface area contributed by atoms with Crippen LogP contribution in [0.1, 0.15) is 22.5 Å². The third kappa shape index (κ3) is 3.16. The van der Waals surface area contributed by atoms with Gasteiger partial charge in [-0.2, -0.15) is 0 Å². The van der Waals surface area contributed by atoms with Crippen LogP contribution >= 0.6 is 22.9 Å². The van der Waals surface area contributed by atoms with Gasteiger partial charge in [-0.3, -0.25) is 4.79 Å². The van der Waals surface area contributed by atoms with Crippen molar-refractivity contribution in [2.24, 2.45) is 5.92 Å². The third-order valence-electron chi connectivity index (χ3n) is 4.77. The first-order valence-corrected chi connectivity index (χ1v) is 9.26. The van der Waals surface area contributed by atoms with Gasteiger partial charge in [0.25, 0.3) is 5.91 Å². The van der Waals surface area contributed by atoms with E-state index in [1.165, 1.54) is 30.8 Å². The minimum absolute atomic E-state index is 0.0424. The molecule has 2 aliphatic heterocycles. The predicted octanol–water partition coefficient (Wildman–Crippen LogP) is 3.89. The maximum Gasteiger partial charge on any atom is 0.261 e. The van der Waals surface area contributed by atoms with E-state index in [0.29, 0.717) is 0 Å². The van der Waals surface area contributed by atoms with Gasteiger partial charge in [-0.05, 0) is 43.5 Å². The second-order valence-corrected chi connectivity index (χ2v) is 7.96. The topological polar surface area (TPSA) is 32.3 Å². The lowest BCUT2D eigenvalue weighted by atomic mass is 9.97. The van der Waals surface area contributed by atoms with E-state index >= 15 is 0 Å². The molecule has 0 radical (unpaired) electrons. The summed E-state index contributed by atoms with van der Waals surface area (Å²) in [6.45, 7) is 3.39. The van der Waals surface area contributed by atoms with Gasteiger partial charge < -0.3 is 10.2 Å². The van der Waals surface area contributed by atoms with Crippen molar-refractivity contribution < 1.29 is 4.79 Å². The lowest BCUT2D eigenvalue weighted by Crippen LogP contribution is -2.46. The number of benzene rings is 1. The van der Waals surface area contributed by atoms with Gasteiger partial charge in [0.1, 0.15) is 0 Å². The Morgan fingerprint density at radius 3 is 2.91 bits per heavy atom. The molecule has 0 aliphatic carbocycles. The van der Waals surface area contributed by atoms with E-state index in [1.807, 2.05) is 36.4 Å². The molecule has 5 heteroatoms. The van der Waals surface area contributed by atoms with Gasteiger partial charge in [0.05, 0.1) is 4.88 Å². The van der Waals surface area contributed by atoms with E-state index in [0.717, 1.165) is 39.2 Å². The molecule has 2 fully saturated rings. The highest BCUT2D eigenvalue weighted by molar-refractivity contribution is 7.17. The summed E-state index contributed by atoms with van der Waals surface area (Å²) in [5, 5.41) is 3.93. The van der Waals surface area contributed by atoms with Crippen LogP contribution in [0.3, 0.4) is 0 Å². The number of thiophene rings is 1. The van der Waals surface area contributed by atoms with E-state index in [1.54, 1.807) is 0 Å². The van der Waals surface area contributed by atoms with Crippen molar-refractivity contribution in [2.45, 2.75) is 18.9 Å². The maximum absolute atomic E-state index is 12.5. The highest BCUT2D eigenvalue weighted by atomic mass is 35.5. The van der Waals surface area contributed by atoms with Gasteiger partial charge in [-0.15, -0.1) is 11.3 Å². The fraction of sp³-hybridized carbons (Fsp3) is 0.389. The van der Waals surface area contributed by atoms with Gasteiger partial charge in [0.15, 0.2) is 0 Å². The quantitative estimate of drug-likeness (QED) is 0.914.